The van der Waals surface area contributed by atoms with Crippen LogP contribution in [0.1, 0.15) is 48.2 Å². The number of Topliss-reactive ketones (excluding diaryl/α,β-unsaturated/α-hetero) is 1. The molecule has 2 bridgehead atoms. The van der Waals surface area contributed by atoms with Gasteiger partial charge in [-0.05, 0) is 37.8 Å². The van der Waals surface area contributed by atoms with Crippen LogP contribution in [0.15, 0.2) is 18.3 Å². The van der Waals surface area contributed by atoms with Gasteiger partial charge in [0.15, 0.2) is 5.78 Å². The van der Waals surface area contributed by atoms with Crippen LogP contribution in [0.5, 0.6) is 0 Å². The van der Waals surface area contributed by atoms with E-state index in [0.717, 1.165) is 12.8 Å². The second-order valence-electron chi connectivity index (χ2n) is 5.39. The number of carbonyl (C=O) groups excluding carboxylic acids is 1. The molecule has 1 aromatic rings. The summed E-state index contributed by atoms with van der Waals surface area (Å²) in [6.45, 7) is 0. The zero-order chi connectivity index (χ0) is 13.2. The Morgan fingerprint density at radius 1 is 1.32 bits per heavy atom. The molecule has 3 heterocycles. The summed E-state index contributed by atoms with van der Waals surface area (Å²) in [4.78, 5) is 16.5. The van der Waals surface area contributed by atoms with Gasteiger partial charge in [0, 0.05) is 28.2 Å². The number of nitriles is 1. The van der Waals surface area contributed by atoms with Crippen molar-refractivity contribution in [3.63, 3.8) is 0 Å². The molecule has 3 nitrogen and oxygen atoms in total. The number of nitrogens with zero attached hydrogens (tertiary/aromatic N) is 2. The van der Waals surface area contributed by atoms with E-state index >= 15 is 0 Å². The van der Waals surface area contributed by atoms with Crippen molar-refractivity contribution in [2.24, 2.45) is 5.92 Å². The van der Waals surface area contributed by atoms with Crippen molar-refractivity contribution in [1.82, 2.24) is 4.98 Å². The molecule has 0 spiro atoms. The van der Waals surface area contributed by atoms with Crippen molar-refractivity contribution in [3.05, 3.63) is 29.6 Å². The van der Waals surface area contributed by atoms with Gasteiger partial charge in [-0.15, -0.1) is 0 Å². The largest absolute Gasteiger partial charge is 0.294 e. The molecule has 2 atom stereocenters. The maximum atomic E-state index is 12.5. The molecule has 1 aromatic heterocycles. The van der Waals surface area contributed by atoms with Crippen LogP contribution in [-0.2, 0) is 0 Å². The van der Waals surface area contributed by atoms with Gasteiger partial charge in [-0.1, -0.05) is 6.42 Å². The molecule has 0 saturated carbocycles. The fraction of sp³-hybridized carbons (Fsp3) is 0.533. The summed E-state index contributed by atoms with van der Waals surface area (Å²) in [5, 5.41) is 10.1. The molecule has 0 N–H and O–H groups in total. The fourth-order valence-electron chi connectivity index (χ4n) is 3.11. The lowest BCUT2D eigenvalue weighted by molar-refractivity contribution is 0.0896. The molecule has 2 unspecified atom stereocenters. The molecule has 0 aliphatic carbocycles. The molecule has 2 aliphatic rings. The van der Waals surface area contributed by atoms with Crippen LogP contribution < -0.4 is 0 Å². The minimum Gasteiger partial charge on any atom is -0.294 e. The van der Waals surface area contributed by atoms with E-state index in [4.69, 9.17) is 5.26 Å². The molecule has 4 heteroatoms. The summed E-state index contributed by atoms with van der Waals surface area (Å²) < 4.78 is 0. The Kier molecular flexibility index (Phi) is 3.56. The fourth-order valence-corrected chi connectivity index (χ4v) is 4.95. The van der Waals surface area contributed by atoms with E-state index in [0.29, 0.717) is 21.8 Å². The second-order valence-corrected chi connectivity index (χ2v) is 6.99. The first kappa shape index (κ1) is 12.7. The Morgan fingerprint density at radius 2 is 2.05 bits per heavy atom. The highest BCUT2D eigenvalue weighted by Crippen LogP contribution is 2.44. The molecular formula is C15H16N2OS. The van der Waals surface area contributed by atoms with Gasteiger partial charge in [0.1, 0.15) is 11.8 Å². The lowest BCUT2D eigenvalue weighted by atomic mass is 9.85. The van der Waals surface area contributed by atoms with Crippen LogP contribution >= 0.6 is 11.8 Å². The molecular weight excluding hydrogens is 256 g/mol. The minimum absolute atomic E-state index is 0.159. The predicted octanol–water partition coefficient (Wildman–Crippen LogP) is 3.20. The number of aromatic nitrogens is 1. The Hall–Kier alpha value is -1.34. The van der Waals surface area contributed by atoms with Gasteiger partial charge in [-0.2, -0.15) is 17.0 Å². The van der Waals surface area contributed by atoms with Crippen LogP contribution in [0.4, 0.5) is 0 Å². The lowest BCUT2D eigenvalue weighted by Crippen LogP contribution is -2.32. The maximum absolute atomic E-state index is 12.5. The average Bonchev–Trinajstić information content (AvgIpc) is 2.46. The van der Waals surface area contributed by atoms with Crippen molar-refractivity contribution in [3.8, 4) is 6.07 Å². The third-order valence-electron chi connectivity index (χ3n) is 4.07. The number of hydrogen-bond acceptors (Lipinski definition) is 4. The summed E-state index contributed by atoms with van der Waals surface area (Å²) in [6, 6.07) is 5.35. The molecule has 0 amide bonds. The van der Waals surface area contributed by atoms with Gasteiger partial charge in [0.05, 0.1) is 0 Å². The van der Waals surface area contributed by atoms with Gasteiger partial charge in [-0.3, -0.25) is 4.79 Å². The van der Waals surface area contributed by atoms with Crippen LogP contribution in [-0.4, -0.2) is 21.3 Å². The maximum Gasteiger partial charge on any atom is 0.167 e. The highest BCUT2D eigenvalue weighted by Gasteiger charge is 2.35. The van der Waals surface area contributed by atoms with Crippen LogP contribution in [0, 0.1) is 17.2 Å². The van der Waals surface area contributed by atoms with Crippen molar-refractivity contribution < 1.29 is 4.79 Å². The van der Waals surface area contributed by atoms with E-state index in [-0.39, 0.29) is 11.7 Å². The number of pyridine rings is 1. The predicted molar refractivity (Wildman–Crippen MR) is 75.0 cm³/mol. The number of carbonyl (C=O) groups is 1. The average molecular weight is 272 g/mol. The number of hydrogen-bond donors (Lipinski definition) is 0. The summed E-state index contributed by atoms with van der Waals surface area (Å²) in [5.41, 5.74) is 1.03. The number of fused-ring (bicyclic) bond motifs is 2. The highest BCUT2D eigenvalue weighted by atomic mass is 32.2. The van der Waals surface area contributed by atoms with Gasteiger partial charge in [0.25, 0.3) is 0 Å². The smallest absolute Gasteiger partial charge is 0.167 e. The number of rotatable bonds is 2. The van der Waals surface area contributed by atoms with Crippen molar-refractivity contribution in [1.29, 1.82) is 5.26 Å². The third kappa shape index (κ3) is 2.66. The van der Waals surface area contributed by atoms with Crippen molar-refractivity contribution in [2.75, 3.05) is 0 Å². The summed E-state index contributed by atoms with van der Waals surface area (Å²) in [5.74, 6) is 0.375. The van der Waals surface area contributed by atoms with Crippen LogP contribution in [0.2, 0.25) is 0 Å². The molecule has 19 heavy (non-hydrogen) atoms. The minimum atomic E-state index is 0.159. The van der Waals surface area contributed by atoms with E-state index in [1.807, 2.05) is 6.07 Å². The Morgan fingerprint density at radius 3 is 2.63 bits per heavy atom. The molecule has 2 fully saturated rings. The Labute approximate surface area is 117 Å². The monoisotopic (exact) mass is 272 g/mol. The first-order valence-electron chi connectivity index (χ1n) is 6.82. The molecule has 98 valence electrons. The zero-order valence-electron chi connectivity index (χ0n) is 10.7. The first-order chi connectivity index (χ1) is 9.26. The molecule has 0 aromatic carbocycles. The number of ketones is 1. The van der Waals surface area contributed by atoms with Gasteiger partial charge >= 0.3 is 0 Å². The number of thioether (sulfide) groups is 1. The molecule has 3 rings (SSSR count). The molecule has 0 radical (unpaired) electrons. The Balaban J connectivity index is 1.74. The topological polar surface area (TPSA) is 53.8 Å². The van der Waals surface area contributed by atoms with Crippen molar-refractivity contribution >= 4 is 17.5 Å². The van der Waals surface area contributed by atoms with Gasteiger partial charge in [-0.25, -0.2) is 4.98 Å². The van der Waals surface area contributed by atoms with E-state index in [1.54, 1.807) is 18.3 Å². The Bertz CT molecular complexity index is 508. The first-order valence-corrected chi connectivity index (χ1v) is 7.76. The normalized spacial score (nSPS) is 29.5. The van der Waals surface area contributed by atoms with E-state index in [9.17, 15) is 4.79 Å². The van der Waals surface area contributed by atoms with Gasteiger partial charge in [0.2, 0.25) is 0 Å². The summed E-state index contributed by atoms with van der Waals surface area (Å²) in [6.07, 6.45) is 7.42. The summed E-state index contributed by atoms with van der Waals surface area (Å²) >= 11 is 2.08. The summed E-state index contributed by atoms with van der Waals surface area (Å²) in [7, 11) is 0. The van der Waals surface area contributed by atoms with Gasteiger partial charge < -0.3 is 0 Å². The van der Waals surface area contributed by atoms with E-state index in [2.05, 4.69) is 16.7 Å². The standard InChI is InChI=1S/C15H16N2OS/c16-8-12-5-4-10(9-17-12)15(18)11-6-13-2-1-3-14(7-11)19-13/h4-5,9,11,13-14H,1-3,6-7H2. The van der Waals surface area contributed by atoms with Crippen molar-refractivity contribution in [2.45, 2.75) is 42.6 Å². The second kappa shape index (κ2) is 5.34. The van der Waals surface area contributed by atoms with E-state index < -0.39 is 0 Å². The van der Waals surface area contributed by atoms with Crippen LogP contribution in [0.25, 0.3) is 0 Å². The highest BCUT2D eigenvalue weighted by molar-refractivity contribution is 8.00. The lowest BCUT2D eigenvalue weighted by Gasteiger charge is -2.37. The van der Waals surface area contributed by atoms with Crippen LogP contribution in [0.3, 0.4) is 0 Å². The SMILES string of the molecule is N#Cc1ccc(C(=O)C2CC3CCCC(C2)S3)cn1. The molecule has 2 aliphatic heterocycles. The molecule has 2 saturated heterocycles. The van der Waals surface area contributed by atoms with E-state index in [1.165, 1.54) is 19.3 Å². The third-order valence-corrected chi connectivity index (χ3v) is 5.69. The quantitative estimate of drug-likeness (QED) is 0.776. The zero-order valence-corrected chi connectivity index (χ0v) is 11.5.